The molecule has 1 amide bonds. The van der Waals surface area contributed by atoms with E-state index < -0.39 is 34.5 Å². The van der Waals surface area contributed by atoms with Gasteiger partial charge in [0.25, 0.3) is 11.5 Å². The summed E-state index contributed by atoms with van der Waals surface area (Å²) in [6, 6.07) is 2.64. The maximum atomic E-state index is 13.9. The first-order valence-corrected chi connectivity index (χ1v) is 14.4. The van der Waals surface area contributed by atoms with Crippen molar-refractivity contribution in [2.45, 2.75) is 57.7 Å². The predicted molar refractivity (Wildman–Crippen MR) is 151 cm³/mol. The second-order valence-electron chi connectivity index (χ2n) is 11.3. The molecule has 1 saturated carbocycles. The minimum Gasteiger partial charge on any atom is -0.363 e. The van der Waals surface area contributed by atoms with Crippen LogP contribution in [-0.2, 0) is 23.9 Å². The fraction of sp³-hybridized carbons (Fsp3) is 0.500. The van der Waals surface area contributed by atoms with Gasteiger partial charge in [-0.3, -0.25) is 9.59 Å². The van der Waals surface area contributed by atoms with Gasteiger partial charge in [0.1, 0.15) is 12.2 Å². The summed E-state index contributed by atoms with van der Waals surface area (Å²) in [5, 5.41) is 10.0. The van der Waals surface area contributed by atoms with Crippen molar-refractivity contribution in [1.29, 1.82) is 0 Å². The molecule has 0 bridgehead atoms. The normalized spacial score (nSPS) is 21.7. The fourth-order valence-electron chi connectivity index (χ4n) is 6.05. The average molecular weight is 626 g/mol. The predicted octanol–water partition coefficient (Wildman–Crippen LogP) is 4.77. The van der Waals surface area contributed by atoms with Crippen LogP contribution in [0.1, 0.15) is 49.7 Å². The lowest BCUT2D eigenvalue weighted by Crippen LogP contribution is -2.47. The van der Waals surface area contributed by atoms with Crippen LogP contribution in [0.5, 0.6) is 0 Å². The highest BCUT2D eigenvalue weighted by Gasteiger charge is 2.70. The maximum Gasteiger partial charge on any atom is 0.416 e. The molecule has 2 aromatic heterocycles. The zero-order valence-corrected chi connectivity index (χ0v) is 24.0. The van der Waals surface area contributed by atoms with Gasteiger partial charge in [0.15, 0.2) is 5.82 Å². The summed E-state index contributed by atoms with van der Waals surface area (Å²) in [5.74, 6) is -2.95. The Morgan fingerprint density at radius 2 is 1.93 bits per heavy atom. The topological polar surface area (TPSA) is 96.6 Å². The van der Waals surface area contributed by atoms with E-state index in [1.54, 1.807) is 10.6 Å². The summed E-state index contributed by atoms with van der Waals surface area (Å²) >= 11 is 6.06. The lowest BCUT2D eigenvalue weighted by Gasteiger charge is -2.31. The third-order valence-electron chi connectivity index (χ3n) is 8.58. The molecule has 3 aliphatic rings. The summed E-state index contributed by atoms with van der Waals surface area (Å²) in [5.41, 5.74) is -0.791. The molecule has 6 rings (SSSR count). The van der Waals surface area contributed by atoms with Crippen LogP contribution in [0.25, 0.3) is 11.4 Å². The first-order chi connectivity index (χ1) is 20.3. The zero-order valence-electron chi connectivity index (χ0n) is 23.2. The summed E-state index contributed by atoms with van der Waals surface area (Å²) in [6.07, 6.45) is -1.85. The number of alkyl halides is 5. The van der Waals surface area contributed by atoms with Crippen molar-refractivity contribution in [3.8, 4) is 0 Å². The van der Waals surface area contributed by atoms with Crippen molar-refractivity contribution in [3.63, 3.8) is 0 Å². The Balaban J connectivity index is 1.39. The smallest absolute Gasteiger partial charge is 0.363 e. The molecule has 1 atom stereocenters. The molecule has 1 spiro atoms. The SMILES string of the molecule is CCc1c(N2CCNCC2)c(=O)n2nc(C3=CCC4(CC3)CC4(F)F)nc2n1CC(=O)Nc1ccc(C(F)(F)F)cc1Cl. The molecular formula is C28H29ClF5N7O2. The standard InChI is InChI=1S/C28H29ClF5N7O2/c1-2-20-22(39-11-9-35-10-12-39)24(43)41-25(37-23(38-41)16-5-7-26(8-6-16)15-27(26,30)31)40(20)14-21(42)36-19-4-3-17(13-18(19)29)28(32,33)34/h3-5,13,35H,2,6-12,14-15H2,1H3,(H,36,42). The van der Waals surface area contributed by atoms with Gasteiger partial charge in [0, 0.05) is 38.0 Å². The van der Waals surface area contributed by atoms with Gasteiger partial charge in [-0.2, -0.15) is 22.7 Å². The van der Waals surface area contributed by atoms with Crippen molar-refractivity contribution < 1.29 is 26.7 Å². The minimum absolute atomic E-state index is 0.00238. The van der Waals surface area contributed by atoms with E-state index in [1.165, 1.54) is 0 Å². The molecule has 1 aromatic carbocycles. The van der Waals surface area contributed by atoms with Gasteiger partial charge in [0.2, 0.25) is 11.7 Å². The minimum atomic E-state index is -4.59. The lowest BCUT2D eigenvalue weighted by molar-refractivity contribution is -0.137. The second-order valence-corrected chi connectivity index (χ2v) is 11.7. The van der Waals surface area contributed by atoms with E-state index in [-0.39, 0.29) is 48.1 Å². The molecule has 3 heterocycles. The average Bonchev–Trinajstić information content (AvgIpc) is 3.27. The molecule has 1 unspecified atom stereocenters. The third-order valence-corrected chi connectivity index (χ3v) is 8.89. The molecule has 43 heavy (non-hydrogen) atoms. The first-order valence-electron chi connectivity index (χ1n) is 14.1. The van der Waals surface area contributed by atoms with E-state index in [0.29, 0.717) is 56.0 Å². The van der Waals surface area contributed by atoms with Crippen LogP contribution >= 0.6 is 11.6 Å². The Morgan fingerprint density at radius 3 is 2.51 bits per heavy atom. The highest BCUT2D eigenvalue weighted by molar-refractivity contribution is 6.33. The number of anilines is 2. The Hall–Kier alpha value is -3.52. The number of halogens is 6. The van der Waals surface area contributed by atoms with Crippen LogP contribution < -0.4 is 21.1 Å². The number of allylic oxidation sites excluding steroid dienone is 2. The molecule has 230 valence electrons. The number of aromatic nitrogens is 4. The molecule has 3 aromatic rings. The van der Waals surface area contributed by atoms with Crippen molar-refractivity contribution in [2.75, 3.05) is 36.4 Å². The van der Waals surface area contributed by atoms with Crippen LogP contribution in [0.2, 0.25) is 5.02 Å². The van der Waals surface area contributed by atoms with Crippen molar-refractivity contribution in [3.05, 3.63) is 56.7 Å². The number of hydrogen-bond acceptors (Lipinski definition) is 6. The summed E-state index contributed by atoms with van der Waals surface area (Å²) < 4.78 is 69.8. The Labute approximate surface area is 247 Å². The monoisotopic (exact) mass is 625 g/mol. The number of piperazine rings is 1. The van der Waals surface area contributed by atoms with Crippen LogP contribution in [0, 0.1) is 5.41 Å². The summed E-state index contributed by atoms with van der Waals surface area (Å²) in [4.78, 5) is 33.7. The van der Waals surface area contributed by atoms with Crippen molar-refractivity contribution in [2.24, 2.45) is 5.41 Å². The van der Waals surface area contributed by atoms with Crippen molar-refractivity contribution >= 4 is 40.2 Å². The number of rotatable bonds is 6. The highest BCUT2D eigenvalue weighted by atomic mass is 35.5. The molecule has 15 heteroatoms. The molecule has 2 fully saturated rings. The quantitative estimate of drug-likeness (QED) is 0.384. The van der Waals surface area contributed by atoms with Gasteiger partial charge in [-0.25, -0.2) is 8.78 Å². The van der Waals surface area contributed by atoms with Gasteiger partial charge in [-0.15, -0.1) is 5.10 Å². The molecular weight excluding hydrogens is 597 g/mol. The molecule has 1 aliphatic heterocycles. The molecule has 0 radical (unpaired) electrons. The van der Waals surface area contributed by atoms with Crippen molar-refractivity contribution in [1.82, 2.24) is 24.5 Å². The number of hydrogen-bond donors (Lipinski definition) is 2. The number of nitrogens with zero attached hydrogens (tertiary/aromatic N) is 5. The maximum absolute atomic E-state index is 13.9. The van der Waals surface area contributed by atoms with E-state index in [1.807, 2.05) is 11.8 Å². The van der Waals surface area contributed by atoms with E-state index >= 15 is 0 Å². The number of carbonyl (C=O) groups excluding carboxylic acids is 1. The molecule has 2 aliphatic carbocycles. The molecule has 9 nitrogen and oxygen atoms in total. The van der Waals surface area contributed by atoms with E-state index in [2.05, 4.69) is 20.7 Å². The first kappa shape index (κ1) is 29.5. The highest BCUT2D eigenvalue weighted by Crippen LogP contribution is 2.67. The van der Waals surface area contributed by atoms with E-state index in [0.717, 1.165) is 22.7 Å². The van der Waals surface area contributed by atoms with Gasteiger partial charge in [-0.05, 0) is 49.5 Å². The lowest BCUT2D eigenvalue weighted by atomic mass is 9.86. The van der Waals surface area contributed by atoms with Gasteiger partial charge in [-0.1, -0.05) is 24.6 Å². The largest absolute Gasteiger partial charge is 0.416 e. The second kappa shape index (κ2) is 10.6. The van der Waals surface area contributed by atoms with Crippen LogP contribution in [-0.4, -0.2) is 57.2 Å². The third kappa shape index (κ3) is 5.28. The number of benzene rings is 1. The number of nitrogens with one attached hydrogen (secondary N) is 2. The summed E-state index contributed by atoms with van der Waals surface area (Å²) in [7, 11) is 0. The number of carbonyl (C=O) groups is 1. The van der Waals surface area contributed by atoms with Crippen LogP contribution in [0.4, 0.5) is 33.3 Å². The van der Waals surface area contributed by atoms with Crippen LogP contribution in [0.15, 0.2) is 29.1 Å². The Kier molecular flexibility index (Phi) is 7.27. The number of fused-ring (bicyclic) bond motifs is 1. The number of amides is 1. The Morgan fingerprint density at radius 1 is 1.21 bits per heavy atom. The van der Waals surface area contributed by atoms with E-state index in [4.69, 9.17) is 11.6 Å². The molecule has 2 N–H and O–H groups in total. The summed E-state index contributed by atoms with van der Waals surface area (Å²) in [6.45, 7) is 3.89. The Bertz CT molecular complexity index is 1690. The zero-order chi connectivity index (χ0) is 30.7. The van der Waals surface area contributed by atoms with Gasteiger partial charge >= 0.3 is 6.18 Å². The van der Waals surface area contributed by atoms with E-state index in [9.17, 15) is 31.5 Å². The van der Waals surface area contributed by atoms with Gasteiger partial charge in [0.05, 0.1) is 22.0 Å². The molecule has 1 saturated heterocycles. The van der Waals surface area contributed by atoms with Crippen LogP contribution in [0.3, 0.4) is 0 Å². The fourth-order valence-corrected chi connectivity index (χ4v) is 6.28. The van der Waals surface area contributed by atoms with Gasteiger partial charge < -0.3 is 20.1 Å².